The molecule has 1 amide bonds. The number of amides is 1. The molecule has 2 N–H and O–H groups in total. The van der Waals surface area contributed by atoms with Crippen LogP contribution in [0.3, 0.4) is 0 Å². The average Bonchev–Trinajstić information content (AvgIpc) is 2.11. The first-order valence-corrected chi connectivity index (χ1v) is 5.19. The van der Waals surface area contributed by atoms with Gasteiger partial charge in [-0.1, -0.05) is 13.8 Å². The average molecular weight is 232 g/mol. The van der Waals surface area contributed by atoms with Gasteiger partial charge in [0.05, 0.1) is 0 Å². The fourth-order valence-corrected chi connectivity index (χ4v) is 1.84. The zero-order valence-electron chi connectivity index (χ0n) is 9.66. The number of carbonyl (C=O) groups excluding carboxylic acids is 1. The molecule has 0 aromatic carbocycles. The number of alkyl halides is 1. The lowest BCUT2D eigenvalue weighted by molar-refractivity contribution is -0.158. The molecule has 0 saturated carbocycles. The lowest BCUT2D eigenvalue weighted by atomic mass is 9.95. The summed E-state index contributed by atoms with van der Waals surface area (Å²) >= 11 is 0. The lowest BCUT2D eigenvalue weighted by Crippen LogP contribution is -2.66. The Morgan fingerprint density at radius 1 is 1.44 bits per heavy atom. The fourth-order valence-electron chi connectivity index (χ4n) is 1.84. The number of carboxylic acids is 1. The molecule has 1 rings (SSSR count). The van der Waals surface area contributed by atoms with Crippen molar-refractivity contribution < 1.29 is 19.1 Å². The van der Waals surface area contributed by atoms with Crippen molar-refractivity contribution in [1.29, 1.82) is 0 Å². The van der Waals surface area contributed by atoms with E-state index >= 15 is 0 Å². The number of rotatable bonds is 4. The van der Waals surface area contributed by atoms with Gasteiger partial charge >= 0.3 is 5.97 Å². The van der Waals surface area contributed by atoms with Crippen LogP contribution in [0.1, 0.15) is 13.8 Å². The molecule has 1 heterocycles. The van der Waals surface area contributed by atoms with Crippen LogP contribution >= 0.6 is 0 Å². The summed E-state index contributed by atoms with van der Waals surface area (Å²) in [6, 6.07) is -0.985. The summed E-state index contributed by atoms with van der Waals surface area (Å²) in [5.74, 6) is -2.13. The van der Waals surface area contributed by atoms with E-state index in [0.717, 1.165) is 4.90 Å². The molecule has 1 aliphatic rings. The summed E-state index contributed by atoms with van der Waals surface area (Å²) in [5.41, 5.74) is -1.93. The van der Waals surface area contributed by atoms with E-state index in [2.05, 4.69) is 5.32 Å². The highest BCUT2D eigenvalue weighted by atomic mass is 19.1. The summed E-state index contributed by atoms with van der Waals surface area (Å²) in [7, 11) is 1.33. The molecule has 92 valence electrons. The number of carbonyl (C=O) groups is 2. The van der Waals surface area contributed by atoms with Crippen LogP contribution in [0, 0.1) is 5.92 Å². The maximum Gasteiger partial charge on any atom is 0.326 e. The highest BCUT2D eigenvalue weighted by Gasteiger charge is 2.48. The van der Waals surface area contributed by atoms with E-state index in [1.807, 2.05) is 0 Å². The third-order valence-corrected chi connectivity index (χ3v) is 2.82. The largest absolute Gasteiger partial charge is 0.480 e. The zero-order valence-corrected chi connectivity index (χ0v) is 9.66. The Balaban J connectivity index is 2.78. The molecule has 1 unspecified atom stereocenters. The second-order valence-corrected chi connectivity index (χ2v) is 4.51. The number of carboxylic acid groups (broad SMARTS) is 1. The third kappa shape index (κ3) is 2.16. The maximum absolute atomic E-state index is 13.8. The summed E-state index contributed by atoms with van der Waals surface area (Å²) in [6.07, 6.45) is 0. The van der Waals surface area contributed by atoms with Crippen LogP contribution < -0.4 is 5.32 Å². The van der Waals surface area contributed by atoms with Gasteiger partial charge in [0.1, 0.15) is 6.04 Å². The van der Waals surface area contributed by atoms with E-state index in [9.17, 15) is 14.0 Å². The Kier molecular flexibility index (Phi) is 3.52. The number of likely N-dealkylation sites (N-methyl/N-ethyl adjacent to an activating group) is 1. The molecule has 1 saturated heterocycles. The Hall–Kier alpha value is -1.17. The van der Waals surface area contributed by atoms with Crippen LogP contribution in [0.5, 0.6) is 0 Å². The van der Waals surface area contributed by atoms with Gasteiger partial charge in [-0.2, -0.15) is 0 Å². The van der Waals surface area contributed by atoms with Crippen LogP contribution in [0.2, 0.25) is 0 Å². The predicted octanol–water partition coefficient (Wildman–Crippen LogP) is -0.135. The Bertz CT molecular complexity index is 302. The Labute approximate surface area is 93.6 Å². The predicted molar refractivity (Wildman–Crippen MR) is 55.7 cm³/mol. The van der Waals surface area contributed by atoms with Gasteiger partial charge in [0.15, 0.2) is 0 Å². The summed E-state index contributed by atoms with van der Waals surface area (Å²) < 4.78 is 13.8. The van der Waals surface area contributed by atoms with Crippen LogP contribution in [0.4, 0.5) is 4.39 Å². The van der Waals surface area contributed by atoms with Gasteiger partial charge in [0, 0.05) is 20.1 Å². The van der Waals surface area contributed by atoms with Crippen molar-refractivity contribution in [1.82, 2.24) is 10.2 Å². The molecule has 6 heteroatoms. The van der Waals surface area contributed by atoms with Gasteiger partial charge < -0.3 is 15.3 Å². The number of hydrogen-bond acceptors (Lipinski definition) is 3. The van der Waals surface area contributed by atoms with Crippen molar-refractivity contribution in [3.63, 3.8) is 0 Å². The quantitative estimate of drug-likeness (QED) is 0.708. The second kappa shape index (κ2) is 4.37. The van der Waals surface area contributed by atoms with Crippen LogP contribution in [-0.2, 0) is 9.59 Å². The molecule has 0 aliphatic carbocycles. The van der Waals surface area contributed by atoms with E-state index in [-0.39, 0.29) is 19.0 Å². The van der Waals surface area contributed by atoms with Gasteiger partial charge in [-0.3, -0.25) is 4.79 Å². The van der Waals surface area contributed by atoms with Gasteiger partial charge in [0.2, 0.25) is 5.67 Å². The number of halogens is 1. The normalized spacial score (nSPS) is 20.1. The highest BCUT2D eigenvalue weighted by molar-refractivity contribution is 5.90. The SMILES string of the molecule is CC(C)C(C(=O)O)N(C)C(=O)C1(F)CNC1. The number of hydrogen-bond donors (Lipinski definition) is 2. The summed E-state index contributed by atoms with van der Waals surface area (Å²) in [5, 5.41) is 11.7. The molecule has 1 aliphatic heterocycles. The van der Waals surface area contributed by atoms with Gasteiger partial charge in [-0.05, 0) is 5.92 Å². The molecular weight excluding hydrogens is 215 g/mol. The molecule has 16 heavy (non-hydrogen) atoms. The van der Waals surface area contributed by atoms with Crippen molar-refractivity contribution in [3.8, 4) is 0 Å². The van der Waals surface area contributed by atoms with Gasteiger partial charge in [-0.15, -0.1) is 0 Å². The molecule has 0 aromatic heterocycles. The fraction of sp³-hybridized carbons (Fsp3) is 0.800. The first-order chi connectivity index (χ1) is 7.29. The summed E-state index contributed by atoms with van der Waals surface area (Å²) in [6.45, 7) is 3.29. The van der Waals surface area contributed by atoms with E-state index in [1.54, 1.807) is 13.8 Å². The topological polar surface area (TPSA) is 69.6 Å². The standard InChI is InChI=1S/C10H17FN2O3/c1-6(2)7(8(14)15)13(3)9(16)10(11)4-12-5-10/h6-7,12H,4-5H2,1-3H3,(H,14,15). The first-order valence-electron chi connectivity index (χ1n) is 5.19. The molecule has 1 atom stereocenters. The minimum absolute atomic E-state index is 0.0411. The molecule has 0 bridgehead atoms. The molecule has 1 fully saturated rings. The van der Waals surface area contributed by atoms with Crippen LogP contribution in [0.25, 0.3) is 0 Å². The van der Waals surface area contributed by atoms with E-state index < -0.39 is 23.6 Å². The zero-order chi connectivity index (χ0) is 12.5. The van der Waals surface area contributed by atoms with Crippen molar-refractivity contribution in [3.05, 3.63) is 0 Å². The van der Waals surface area contributed by atoms with Crippen molar-refractivity contribution >= 4 is 11.9 Å². The minimum atomic E-state index is -1.93. The lowest BCUT2D eigenvalue weighted by Gasteiger charge is -2.39. The second-order valence-electron chi connectivity index (χ2n) is 4.51. The van der Waals surface area contributed by atoms with Crippen LogP contribution in [-0.4, -0.2) is 53.7 Å². The van der Waals surface area contributed by atoms with E-state index in [1.165, 1.54) is 7.05 Å². The smallest absolute Gasteiger partial charge is 0.326 e. The highest BCUT2D eigenvalue weighted by Crippen LogP contribution is 2.22. The van der Waals surface area contributed by atoms with Crippen molar-refractivity contribution in [2.75, 3.05) is 20.1 Å². The minimum Gasteiger partial charge on any atom is -0.480 e. The summed E-state index contributed by atoms with van der Waals surface area (Å²) in [4.78, 5) is 23.7. The van der Waals surface area contributed by atoms with E-state index in [4.69, 9.17) is 5.11 Å². The number of nitrogens with one attached hydrogen (secondary N) is 1. The molecule has 0 aromatic rings. The molecule has 5 nitrogen and oxygen atoms in total. The van der Waals surface area contributed by atoms with Crippen LogP contribution in [0.15, 0.2) is 0 Å². The molecule has 0 radical (unpaired) electrons. The molecular formula is C10H17FN2O3. The molecule has 0 spiro atoms. The Morgan fingerprint density at radius 3 is 2.19 bits per heavy atom. The van der Waals surface area contributed by atoms with Gasteiger partial charge in [-0.25, -0.2) is 9.18 Å². The third-order valence-electron chi connectivity index (χ3n) is 2.82. The number of nitrogens with zero attached hydrogens (tertiary/aromatic N) is 1. The Morgan fingerprint density at radius 2 is 1.94 bits per heavy atom. The van der Waals surface area contributed by atoms with Crippen molar-refractivity contribution in [2.45, 2.75) is 25.6 Å². The first kappa shape index (κ1) is 12.9. The maximum atomic E-state index is 13.8. The monoisotopic (exact) mass is 232 g/mol. The number of aliphatic carboxylic acids is 1. The van der Waals surface area contributed by atoms with E-state index in [0.29, 0.717) is 0 Å². The van der Waals surface area contributed by atoms with Gasteiger partial charge in [0.25, 0.3) is 5.91 Å². The van der Waals surface area contributed by atoms with Crippen molar-refractivity contribution in [2.24, 2.45) is 5.92 Å².